The molecule has 18 heavy (non-hydrogen) atoms. The summed E-state index contributed by atoms with van der Waals surface area (Å²) in [5, 5.41) is 13.5. The third-order valence-electron chi connectivity index (χ3n) is 3.25. The highest BCUT2D eigenvalue weighted by Crippen LogP contribution is 2.30. The van der Waals surface area contributed by atoms with Gasteiger partial charge < -0.3 is 10.4 Å². The van der Waals surface area contributed by atoms with E-state index in [4.69, 9.17) is 23.2 Å². The second-order valence-corrected chi connectivity index (χ2v) is 5.59. The van der Waals surface area contributed by atoms with Gasteiger partial charge in [0.2, 0.25) is 5.91 Å². The molecule has 0 spiro atoms. The van der Waals surface area contributed by atoms with Crippen molar-refractivity contribution in [3.8, 4) is 0 Å². The Hall–Kier alpha value is -0.770. The zero-order chi connectivity index (χ0) is 13.2. The van der Waals surface area contributed by atoms with E-state index in [0.29, 0.717) is 16.6 Å². The van der Waals surface area contributed by atoms with Crippen LogP contribution in [0.1, 0.15) is 24.8 Å². The quantitative estimate of drug-likeness (QED) is 0.894. The maximum absolute atomic E-state index is 11.7. The average Bonchev–Trinajstić information content (AvgIpc) is 2.29. The van der Waals surface area contributed by atoms with Crippen molar-refractivity contribution in [1.82, 2.24) is 5.32 Å². The molecular formula is C13H15Cl2NO2. The van der Waals surface area contributed by atoms with Crippen molar-refractivity contribution in [2.75, 3.05) is 6.54 Å². The lowest BCUT2D eigenvalue weighted by molar-refractivity contribution is -0.122. The van der Waals surface area contributed by atoms with Gasteiger partial charge in [-0.1, -0.05) is 29.3 Å². The number of carbonyl (C=O) groups is 1. The number of hydrogen-bond donors (Lipinski definition) is 2. The fourth-order valence-corrected chi connectivity index (χ4v) is 2.24. The van der Waals surface area contributed by atoms with Crippen molar-refractivity contribution < 1.29 is 9.90 Å². The molecule has 0 heterocycles. The predicted octanol–water partition coefficient (Wildman–Crippen LogP) is 2.57. The average molecular weight is 288 g/mol. The van der Waals surface area contributed by atoms with E-state index in [-0.39, 0.29) is 12.3 Å². The largest absolute Gasteiger partial charge is 0.388 e. The molecule has 2 N–H and O–H groups in total. The van der Waals surface area contributed by atoms with Crippen molar-refractivity contribution in [2.45, 2.75) is 31.3 Å². The summed E-state index contributed by atoms with van der Waals surface area (Å²) in [5.74, 6) is -0.117. The van der Waals surface area contributed by atoms with Crippen molar-refractivity contribution in [2.24, 2.45) is 0 Å². The molecule has 0 saturated heterocycles. The lowest BCUT2D eigenvalue weighted by Crippen LogP contribution is -2.48. The third kappa shape index (κ3) is 3.37. The number of hydrogen-bond acceptors (Lipinski definition) is 2. The Kier molecular flexibility index (Phi) is 4.15. The summed E-state index contributed by atoms with van der Waals surface area (Å²) in [6, 6.07) is 5.12. The standard InChI is InChI=1S/C13H15Cl2NO2/c14-10-3-2-9(6-11(10)15)7-12(17)16-8-13(18)4-1-5-13/h2-3,6,18H,1,4-5,7-8H2,(H,16,17). The minimum atomic E-state index is -0.687. The molecule has 1 aromatic carbocycles. The number of benzene rings is 1. The summed E-state index contributed by atoms with van der Waals surface area (Å²) in [5.41, 5.74) is 0.121. The molecule has 3 nitrogen and oxygen atoms in total. The zero-order valence-electron chi connectivity index (χ0n) is 9.88. The molecule has 98 valence electrons. The third-order valence-corrected chi connectivity index (χ3v) is 3.99. The molecule has 1 fully saturated rings. The van der Waals surface area contributed by atoms with Crippen LogP contribution in [0.5, 0.6) is 0 Å². The first-order valence-electron chi connectivity index (χ1n) is 5.92. The van der Waals surface area contributed by atoms with Crippen LogP contribution in [0.3, 0.4) is 0 Å². The first kappa shape index (κ1) is 13.7. The van der Waals surface area contributed by atoms with E-state index in [2.05, 4.69) is 5.32 Å². The van der Waals surface area contributed by atoms with E-state index >= 15 is 0 Å². The van der Waals surface area contributed by atoms with E-state index in [0.717, 1.165) is 24.8 Å². The monoisotopic (exact) mass is 287 g/mol. The molecule has 0 aromatic heterocycles. The molecule has 2 rings (SSSR count). The number of nitrogens with one attached hydrogen (secondary N) is 1. The molecule has 1 amide bonds. The van der Waals surface area contributed by atoms with Crippen LogP contribution in [0.2, 0.25) is 10.0 Å². The molecule has 1 aliphatic rings. The molecule has 1 aliphatic carbocycles. The lowest BCUT2D eigenvalue weighted by Gasteiger charge is -2.36. The van der Waals surface area contributed by atoms with Crippen LogP contribution in [0.25, 0.3) is 0 Å². The maximum atomic E-state index is 11.7. The van der Waals surface area contributed by atoms with Gasteiger partial charge >= 0.3 is 0 Å². The smallest absolute Gasteiger partial charge is 0.224 e. The first-order chi connectivity index (χ1) is 8.48. The van der Waals surface area contributed by atoms with Crippen molar-refractivity contribution >= 4 is 29.1 Å². The minimum absolute atomic E-state index is 0.117. The lowest BCUT2D eigenvalue weighted by atomic mass is 9.80. The van der Waals surface area contributed by atoms with E-state index in [1.807, 2.05) is 0 Å². The Morgan fingerprint density at radius 1 is 1.33 bits per heavy atom. The minimum Gasteiger partial charge on any atom is -0.388 e. The molecule has 5 heteroatoms. The zero-order valence-corrected chi connectivity index (χ0v) is 11.4. The number of carbonyl (C=O) groups excluding carboxylic acids is 1. The highest BCUT2D eigenvalue weighted by molar-refractivity contribution is 6.42. The molecule has 0 bridgehead atoms. The molecule has 0 radical (unpaired) electrons. The van der Waals surface area contributed by atoms with E-state index < -0.39 is 5.60 Å². The van der Waals surface area contributed by atoms with E-state index in [9.17, 15) is 9.90 Å². The van der Waals surface area contributed by atoms with E-state index in [1.165, 1.54) is 0 Å². The van der Waals surface area contributed by atoms with Crippen LogP contribution in [-0.4, -0.2) is 23.2 Å². The molecular weight excluding hydrogens is 273 g/mol. The van der Waals surface area contributed by atoms with Gasteiger partial charge in [-0.15, -0.1) is 0 Å². The summed E-state index contributed by atoms with van der Waals surface area (Å²) in [6.45, 7) is 0.327. The van der Waals surface area contributed by atoms with Gasteiger partial charge in [0, 0.05) is 6.54 Å². The summed E-state index contributed by atoms with van der Waals surface area (Å²) in [7, 11) is 0. The van der Waals surface area contributed by atoms with Gasteiger partial charge in [0.05, 0.1) is 22.1 Å². The van der Waals surface area contributed by atoms with Crippen LogP contribution >= 0.6 is 23.2 Å². The highest BCUT2D eigenvalue weighted by atomic mass is 35.5. The molecule has 1 saturated carbocycles. The number of amides is 1. The number of rotatable bonds is 4. The summed E-state index contributed by atoms with van der Waals surface area (Å²) in [4.78, 5) is 11.7. The Balaban J connectivity index is 1.85. The van der Waals surface area contributed by atoms with Gasteiger partial charge in [-0.2, -0.15) is 0 Å². The molecule has 1 aromatic rings. The molecule has 0 aliphatic heterocycles. The SMILES string of the molecule is O=C(Cc1ccc(Cl)c(Cl)c1)NCC1(O)CCC1. The number of halogens is 2. The summed E-state index contributed by atoms with van der Waals surface area (Å²) in [6.07, 6.45) is 2.80. The van der Waals surface area contributed by atoms with Gasteiger partial charge in [-0.25, -0.2) is 0 Å². The maximum Gasteiger partial charge on any atom is 0.224 e. The molecule has 0 unspecified atom stereocenters. The van der Waals surface area contributed by atoms with Gasteiger partial charge in [-0.3, -0.25) is 4.79 Å². The van der Waals surface area contributed by atoms with Gasteiger partial charge in [0.1, 0.15) is 0 Å². The normalized spacial score (nSPS) is 17.1. The molecule has 0 atom stereocenters. The van der Waals surface area contributed by atoms with Crippen LogP contribution in [0.4, 0.5) is 0 Å². The van der Waals surface area contributed by atoms with Crippen molar-refractivity contribution in [3.63, 3.8) is 0 Å². The van der Waals surface area contributed by atoms with E-state index in [1.54, 1.807) is 18.2 Å². The van der Waals surface area contributed by atoms with Crippen LogP contribution in [-0.2, 0) is 11.2 Å². The Bertz CT molecular complexity index is 458. The highest BCUT2D eigenvalue weighted by Gasteiger charge is 2.34. The Morgan fingerprint density at radius 3 is 2.61 bits per heavy atom. The second-order valence-electron chi connectivity index (χ2n) is 4.78. The fraction of sp³-hybridized carbons (Fsp3) is 0.462. The van der Waals surface area contributed by atoms with Gasteiger partial charge in [0.25, 0.3) is 0 Å². The topological polar surface area (TPSA) is 49.3 Å². The van der Waals surface area contributed by atoms with Gasteiger partial charge in [0.15, 0.2) is 0 Å². The van der Waals surface area contributed by atoms with Crippen LogP contribution in [0, 0.1) is 0 Å². The predicted molar refractivity (Wildman–Crippen MR) is 72.0 cm³/mol. The van der Waals surface area contributed by atoms with Crippen molar-refractivity contribution in [1.29, 1.82) is 0 Å². The summed E-state index contributed by atoms with van der Waals surface area (Å²) < 4.78 is 0. The first-order valence-corrected chi connectivity index (χ1v) is 6.67. The Labute approximate surface area is 116 Å². The fourth-order valence-electron chi connectivity index (χ4n) is 1.92. The number of aliphatic hydroxyl groups is 1. The second kappa shape index (κ2) is 5.47. The van der Waals surface area contributed by atoms with Crippen LogP contribution < -0.4 is 5.32 Å². The van der Waals surface area contributed by atoms with Crippen molar-refractivity contribution in [3.05, 3.63) is 33.8 Å². The van der Waals surface area contributed by atoms with Crippen LogP contribution in [0.15, 0.2) is 18.2 Å². The van der Waals surface area contributed by atoms with Gasteiger partial charge in [-0.05, 0) is 37.0 Å². The Morgan fingerprint density at radius 2 is 2.06 bits per heavy atom. The summed E-state index contributed by atoms with van der Waals surface area (Å²) >= 11 is 11.7.